The Morgan fingerprint density at radius 1 is 0.353 bits per heavy atom. The number of ketones is 2. The normalized spacial score (nSPS) is 11.7. The van der Waals surface area contributed by atoms with Crippen LogP contribution < -0.4 is 18.9 Å². The second kappa shape index (κ2) is 40.5. The molecule has 10 heteroatoms. The van der Waals surface area contributed by atoms with Crippen molar-refractivity contribution in [2.45, 2.75) is 40.2 Å². The van der Waals surface area contributed by atoms with Crippen LogP contribution in [-0.4, -0.2) is 54.8 Å². The highest BCUT2D eigenvalue weighted by molar-refractivity contribution is 6.09. The van der Waals surface area contributed by atoms with Crippen LogP contribution in [0, 0.1) is 11.6 Å². The van der Waals surface area contributed by atoms with Crippen LogP contribution in [0.25, 0.3) is 0 Å². The average Bonchev–Trinajstić information content (AvgIpc) is 3.60. The van der Waals surface area contributed by atoms with Crippen LogP contribution in [0.2, 0.25) is 0 Å². The predicted octanol–water partition coefficient (Wildman–Crippen LogP) is 17.2. The minimum absolute atomic E-state index is 0.0287. The monoisotopic (exact) mass is 1140 g/mol. The molecule has 85 heavy (non-hydrogen) atoms. The van der Waals surface area contributed by atoms with E-state index in [9.17, 15) is 23.5 Å². The molecule has 0 aliphatic rings. The number of aliphatic hydroxyl groups is 2. The number of aliphatic hydroxyl groups excluding tert-OH is 1. The van der Waals surface area contributed by atoms with Crippen molar-refractivity contribution in [1.82, 2.24) is 0 Å². The van der Waals surface area contributed by atoms with Crippen molar-refractivity contribution in [3.05, 3.63) is 348 Å². The molecule has 2 N–H and O–H groups in total. The molecule has 0 saturated carbocycles. The molecule has 0 unspecified atom stereocenters. The van der Waals surface area contributed by atoms with E-state index >= 15 is 0 Å². The molecule has 0 aliphatic carbocycles. The lowest BCUT2D eigenvalue weighted by molar-refractivity contribution is 0.103. The molecular weight excluding hydrogens is 1070 g/mol. The third-order valence-corrected chi connectivity index (χ3v) is 11.9. The van der Waals surface area contributed by atoms with Gasteiger partial charge in [-0.3, -0.25) is 9.59 Å². The van der Waals surface area contributed by atoms with E-state index in [4.69, 9.17) is 24.1 Å². The molecule has 0 radical (unpaired) electrons. The first-order chi connectivity index (χ1) is 41.5. The van der Waals surface area contributed by atoms with Crippen LogP contribution in [0.1, 0.15) is 83.2 Å². The Bertz CT molecular complexity index is 3120. The molecule has 0 amide bonds. The SMILES string of the molecule is C/C=C/C=C/CO.C/C=C/C=C/COc1ccc(C(=O)c2ccc(OC/C=C/C=C/C)cc2)cc1.C/C=C/C=C/COc1ccc(C(O)(c2ccccc2)c2ccc(OC/C=C/C=C/C)cc2)cc1.O=C(c1ccc(F)cc1)c1ccc(F)cc1. The van der Waals surface area contributed by atoms with Gasteiger partial charge in [0, 0.05) is 22.3 Å². The van der Waals surface area contributed by atoms with E-state index in [1.807, 2.05) is 247 Å². The number of allylic oxidation sites excluding steroid dienone is 15. The fourth-order valence-corrected chi connectivity index (χ4v) is 7.51. The summed E-state index contributed by atoms with van der Waals surface area (Å²) in [5.41, 5.74) is 3.02. The molecule has 0 bridgehead atoms. The Balaban J connectivity index is 0.000000271. The maximum atomic E-state index is 12.6. The summed E-state index contributed by atoms with van der Waals surface area (Å²) in [6.07, 6.45) is 38.5. The van der Waals surface area contributed by atoms with Gasteiger partial charge in [-0.05, 0) is 197 Å². The molecule has 7 rings (SSSR count). The Morgan fingerprint density at radius 3 is 0.871 bits per heavy atom. The third kappa shape index (κ3) is 25.1. The number of benzene rings is 7. The van der Waals surface area contributed by atoms with E-state index in [0.29, 0.717) is 48.7 Å². The topological polar surface area (TPSA) is 112 Å². The highest BCUT2D eigenvalue weighted by Gasteiger charge is 2.34. The number of carbonyl (C=O) groups is 2. The first-order valence-electron chi connectivity index (χ1n) is 27.8. The Hall–Kier alpha value is -9.74. The highest BCUT2D eigenvalue weighted by atomic mass is 19.1. The van der Waals surface area contributed by atoms with Crippen LogP contribution in [0.15, 0.2) is 297 Å². The lowest BCUT2D eigenvalue weighted by Crippen LogP contribution is -2.28. The van der Waals surface area contributed by atoms with Gasteiger partial charge in [0.2, 0.25) is 0 Å². The summed E-state index contributed by atoms with van der Waals surface area (Å²) >= 11 is 0. The quantitative estimate of drug-likeness (QED) is 0.0331. The van der Waals surface area contributed by atoms with Gasteiger partial charge in [0.05, 0.1) is 6.61 Å². The lowest BCUT2D eigenvalue weighted by atomic mass is 9.80. The minimum atomic E-state index is -1.31. The Kier molecular flexibility index (Phi) is 32.2. The van der Waals surface area contributed by atoms with Gasteiger partial charge >= 0.3 is 0 Å². The molecule has 0 aromatic heterocycles. The second-order valence-electron chi connectivity index (χ2n) is 18.0. The minimum Gasteiger partial charge on any atom is -0.490 e. The molecule has 0 fully saturated rings. The van der Waals surface area contributed by atoms with Crippen molar-refractivity contribution in [1.29, 1.82) is 0 Å². The van der Waals surface area contributed by atoms with Gasteiger partial charge in [-0.1, -0.05) is 152 Å². The molecule has 7 aromatic carbocycles. The zero-order valence-electron chi connectivity index (χ0n) is 48.9. The lowest BCUT2D eigenvalue weighted by Gasteiger charge is -2.30. The average molecular weight is 1140 g/mol. The van der Waals surface area contributed by atoms with Crippen molar-refractivity contribution >= 4 is 11.6 Å². The molecule has 438 valence electrons. The molecule has 7 aromatic rings. The smallest absolute Gasteiger partial charge is 0.193 e. The summed E-state index contributed by atoms with van der Waals surface area (Å²) in [7, 11) is 0. The highest BCUT2D eigenvalue weighted by Crippen LogP contribution is 2.38. The summed E-state index contributed by atoms with van der Waals surface area (Å²) < 4.78 is 48.1. The van der Waals surface area contributed by atoms with Crippen molar-refractivity contribution in [2.75, 3.05) is 33.0 Å². The summed E-state index contributed by atoms with van der Waals surface area (Å²) in [5, 5.41) is 20.2. The second-order valence-corrected chi connectivity index (χ2v) is 18.0. The van der Waals surface area contributed by atoms with E-state index in [2.05, 4.69) is 0 Å². The molecular formula is C75H76F2O8. The number of hydrogen-bond donors (Lipinski definition) is 2. The third-order valence-electron chi connectivity index (χ3n) is 11.9. The fraction of sp³-hybridized carbons (Fsp3) is 0.147. The van der Waals surface area contributed by atoms with Gasteiger partial charge in [-0.25, -0.2) is 8.78 Å². The van der Waals surface area contributed by atoms with Gasteiger partial charge in [0.25, 0.3) is 0 Å². The number of ether oxygens (including phenoxy) is 4. The van der Waals surface area contributed by atoms with Crippen LogP contribution >= 0.6 is 0 Å². The first kappa shape index (κ1) is 67.8. The predicted molar refractivity (Wildman–Crippen MR) is 343 cm³/mol. The van der Waals surface area contributed by atoms with E-state index in [0.717, 1.165) is 39.7 Å². The molecule has 0 spiro atoms. The zero-order chi connectivity index (χ0) is 61.2. The molecule has 0 heterocycles. The largest absolute Gasteiger partial charge is 0.490 e. The Morgan fingerprint density at radius 2 is 0.600 bits per heavy atom. The van der Waals surface area contributed by atoms with Crippen LogP contribution in [0.5, 0.6) is 23.0 Å². The standard InChI is InChI=1S/C31H32O3.C25H26O3.C13H8F2O.C6H10O/c1-3-5-7-12-24-33-29-20-16-27(17-21-29)31(32,26-14-10-9-11-15-26)28-18-22-30(23-19-28)34-25-13-8-6-4-2;1-3-5-7-9-19-27-23-15-11-21(12-16-23)25(26)22-13-17-24(18-14-22)28-20-10-8-6-4-2;14-11-5-1-9(2-6-11)13(16)10-3-7-12(15)8-4-10;1-2-3-4-5-6-7/h3-23,32H,24-25H2,1-2H3;3-18H,19-20H2,1-2H3;1-8H;2-5,7H,6H2,1H3/b5-3+,6-4+,12-7+,13-8+;5-3+,6-4+,9-7+,10-8+;;3-2+,5-4+. The summed E-state index contributed by atoms with van der Waals surface area (Å²) in [4.78, 5) is 24.4. The summed E-state index contributed by atoms with van der Waals surface area (Å²) in [6, 6.07) is 49.8. The maximum absolute atomic E-state index is 12.6. The molecule has 0 atom stereocenters. The van der Waals surface area contributed by atoms with Gasteiger partial charge in [0.15, 0.2) is 11.6 Å². The molecule has 0 saturated heterocycles. The number of hydrogen-bond acceptors (Lipinski definition) is 8. The number of halogens is 2. The molecule has 0 aliphatic heterocycles. The number of rotatable bonds is 25. The van der Waals surface area contributed by atoms with E-state index in [-0.39, 0.29) is 18.2 Å². The van der Waals surface area contributed by atoms with E-state index in [1.165, 1.54) is 48.5 Å². The van der Waals surface area contributed by atoms with Crippen molar-refractivity contribution in [3.8, 4) is 23.0 Å². The van der Waals surface area contributed by atoms with Gasteiger partial charge in [-0.15, -0.1) is 0 Å². The van der Waals surface area contributed by atoms with Gasteiger partial charge in [0.1, 0.15) is 66.7 Å². The van der Waals surface area contributed by atoms with Crippen LogP contribution in [0.3, 0.4) is 0 Å². The van der Waals surface area contributed by atoms with Crippen molar-refractivity contribution < 1.29 is 47.5 Å². The van der Waals surface area contributed by atoms with Crippen LogP contribution in [0.4, 0.5) is 8.78 Å². The van der Waals surface area contributed by atoms with Crippen molar-refractivity contribution in [2.24, 2.45) is 0 Å². The van der Waals surface area contributed by atoms with Gasteiger partial charge < -0.3 is 29.2 Å². The van der Waals surface area contributed by atoms with Crippen LogP contribution in [-0.2, 0) is 5.60 Å². The summed E-state index contributed by atoms with van der Waals surface area (Å²) in [6.45, 7) is 11.9. The van der Waals surface area contributed by atoms with Crippen molar-refractivity contribution in [3.63, 3.8) is 0 Å². The zero-order valence-corrected chi connectivity index (χ0v) is 48.9. The Labute approximate surface area is 501 Å². The van der Waals surface area contributed by atoms with Gasteiger partial charge in [-0.2, -0.15) is 0 Å². The maximum Gasteiger partial charge on any atom is 0.193 e. The first-order valence-corrected chi connectivity index (χ1v) is 27.8. The summed E-state index contributed by atoms with van der Waals surface area (Å²) in [5.74, 6) is 1.90. The fourth-order valence-electron chi connectivity index (χ4n) is 7.51. The molecule has 8 nitrogen and oxygen atoms in total. The number of carbonyl (C=O) groups excluding carboxylic acids is 2. The van der Waals surface area contributed by atoms with E-state index < -0.39 is 17.2 Å². The van der Waals surface area contributed by atoms with E-state index in [1.54, 1.807) is 36.4 Å².